The van der Waals surface area contributed by atoms with Crippen molar-refractivity contribution in [1.82, 2.24) is 10.2 Å². The van der Waals surface area contributed by atoms with Gasteiger partial charge < -0.3 is 20.1 Å². The summed E-state index contributed by atoms with van der Waals surface area (Å²) in [6.45, 7) is 1.00. The molecule has 7 heteroatoms. The van der Waals surface area contributed by atoms with Crippen molar-refractivity contribution >= 4 is 11.9 Å². The Balaban J connectivity index is 2.27. The molecule has 6 nitrogen and oxygen atoms in total. The van der Waals surface area contributed by atoms with E-state index in [-0.39, 0.29) is 24.4 Å². The Hall–Kier alpha value is -2.15. The summed E-state index contributed by atoms with van der Waals surface area (Å²) in [7, 11) is 1.30. The molecule has 1 aliphatic rings. The van der Waals surface area contributed by atoms with Crippen LogP contribution in [0.5, 0.6) is 5.75 Å². The molecule has 0 aliphatic carbocycles. The molecule has 1 aromatic carbocycles. The van der Waals surface area contributed by atoms with Gasteiger partial charge in [-0.05, 0) is 18.2 Å². The number of carboxylic acids is 1. The Kier molecular flexibility index (Phi) is 4.19. The van der Waals surface area contributed by atoms with Crippen LogP contribution in [0, 0.1) is 5.82 Å². The first-order valence-corrected chi connectivity index (χ1v) is 6.12. The first-order chi connectivity index (χ1) is 9.54. The van der Waals surface area contributed by atoms with E-state index in [2.05, 4.69) is 5.32 Å². The van der Waals surface area contributed by atoms with E-state index in [1.54, 1.807) is 0 Å². The van der Waals surface area contributed by atoms with Crippen LogP contribution < -0.4 is 10.1 Å². The Labute approximate surface area is 115 Å². The van der Waals surface area contributed by atoms with Crippen LogP contribution in [0.1, 0.15) is 10.4 Å². The van der Waals surface area contributed by atoms with Gasteiger partial charge in [-0.1, -0.05) is 0 Å². The lowest BCUT2D eigenvalue weighted by molar-refractivity contribution is -0.142. The molecule has 1 amide bonds. The minimum atomic E-state index is -1.07. The van der Waals surface area contributed by atoms with Gasteiger partial charge in [-0.3, -0.25) is 4.79 Å². The average molecular weight is 282 g/mol. The first-order valence-electron chi connectivity index (χ1n) is 6.12. The number of nitrogens with zero attached hydrogens (tertiary/aromatic N) is 1. The van der Waals surface area contributed by atoms with E-state index < -0.39 is 23.7 Å². The smallest absolute Gasteiger partial charge is 0.327 e. The van der Waals surface area contributed by atoms with Gasteiger partial charge in [0, 0.05) is 25.2 Å². The van der Waals surface area contributed by atoms with Crippen LogP contribution in [-0.4, -0.2) is 54.7 Å². The summed E-state index contributed by atoms with van der Waals surface area (Å²) in [5.41, 5.74) is 0.205. The van der Waals surface area contributed by atoms with Gasteiger partial charge in [-0.2, -0.15) is 0 Å². The molecule has 20 heavy (non-hydrogen) atoms. The third-order valence-electron chi connectivity index (χ3n) is 3.19. The molecule has 1 heterocycles. The van der Waals surface area contributed by atoms with Crippen molar-refractivity contribution in [2.75, 3.05) is 26.7 Å². The quantitative estimate of drug-likeness (QED) is 0.835. The van der Waals surface area contributed by atoms with Gasteiger partial charge in [0.1, 0.15) is 6.04 Å². The topological polar surface area (TPSA) is 78.9 Å². The van der Waals surface area contributed by atoms with E-state index >= 15 is 0 Å². The van der Waals surface area contributed by atoms with E-state index in [1.807, 2.05) is 0 Å². The number of carbonyl (C=O) groups excluding carboxylic acids is 1. The lowest BCUT2D eigenvalue weighted by Gasteiger charge is -2.33. The zero-order chi connectivity index (χ0) is 14.7. The number of hydrogen-bond acceptors (Lipinski definition) is 4. The number of amides is 1. The minimum Gasteiger partial charge on any atom is -0.494 e. The number of ether oxygens (including phenoxy) is 1. The molecule has 108 valence electrons. The monoisotopic (exact) mass is 282 g/mol. The van der Waals surface area contributed by atoms with Crippen LogP contribution in [0.25, 0.3) is 0 Å². The van der Waals surface area contributed by atoms with Gasteiger partial charge >= 0.3 is 5.97 Å². The van der Waals surface area contributed by atoms with Crippen LogP contribution in [0.2, 0.25) is 0 Å². The van der Waals surface area contributed by atoms with Gasteiger partial charge in [0.25, 0.3) is 5.91 Å². The predicted octanol–water partition coefficient (Wildman–Crippen LogP) is 0.333. The van der Waals surface area contributed by atoms with Crippen molar-refractivity contribution < 1.29 is 23.8 Å². The highest BCUT2D eigenvalue weighted by atomic mass is 19.1. The highest BCUT2D eigenvalue weighted by Crippen LogP contribution is 2.20. The molecule has 2 rings (SSSR count). The van der Waals surface area contributed by atoms with Gasteiger partial charge in [-0.25, -0.2) is 9.18 Å². The van der Waals surface area contributed by atoms with Gasteiger partial charge in [-0.15, -0.1) is 0 Å². The van der Waals surface area contributed by atoms with E-state index in [0.717, 1.165) is 6.07 Å². The molecule has 0 saturated carbocycles. The Bertz CT molecular complexity index is 535. The largest absolute Gasteiger partial charge is 0.494 e. The zero-order valence-electron chi connectivity index (χ0n) is 10.9. The number of carbonyl (C=O) groups is 2. The van der Waals surface area contributed by atoms with Gasteiger partial charge in [0.15, 0.2) is 11.6 Å². The molecule has 1 aromatic rings. The second-order valence-electron chi connectivity index (χ2n) is 4.41. The number of halogens is 1. The van der Waals surface area contributed by atoms with Crippen molar-refractivity contribution in [3.63, 3.8) is 0 Å². The molecule has 0 radical (unpaired) electrons. The zero-order valence-corrected chi connectivity index (χ0v) is 10.9. The van der Waals surface area contributed by atoms with Gasteiger partial charge in [0.05, 0.1) is 7.11 Å². The Morgan fingerprint density at radius 2 is 2.25 bits per heavy atom. The third kappa shape index (κ3) is 2.72. The summed E-state index contributed by atoms with van der Waals surface area (Å²) < 4.78 is 18.1. The lowest BCUT2D eigenvalue weighted by Crippen LogP contribution is -2.56. The summed E-state index contributed by atoms with van der Waals surface area (Å²) >= 11 is 0. The number of nitrogens with one attached hydrogen (secondary N) is 1. The average Bonchev–Trinajstić information content (AvgIpc) is 2.47. The van der Waals surface area contributed by atoms with Crippen molar-refractivity contribution in [2.24, 2.45) is 0 Å². The number of aliphatic carboxylic acids is 1. The predicted molar refractivity (Wildman–Crippen MR) is 68.3 cm³/mol. The standard InChI is InChI=1S/C13H15FN2O4/c1-20-11-6-8(2-3-9(11)14)12(17)16-5-4-15-7-10(16)13(18)19/h2-3,6,10,15H,4-5,7H2,1H3,(H,18,19). The Morgan fingerprint density at radius 1 is 1.50 bits per heavy atom. The maximum absolute atomic E-state index is 13.3. The summed E-state index contributed by atoms with van der Waals surface area (Å²) in [5.74, 6) is -2.13. The number of piperazine rings is 1. The van der Waals surface area contributed by atoms with E-state index in [1.165, 1.54) is 24.1 Å². The van der Waals surface area contributed by atoms with Crippen LogP contribution >= 0.6 is 0 Å². The van der Waals surface area contributed by atoms with Crippen molar-refractivity contribution in [2.45, 2.75) is 6.04 Å². The van der Waals surface area contributed by atoms with E-state index in [9.17, 15) is 14.0 Å². The second kappa shape index (κ2) is 5.87. The molecule has 1 aliphatic heterocycles. The summed E-state index contributed by atoms with van der Waals surface area (Å²) in [5, 5.41) is 12.1. The molecule has 1 saturated heterocycles. The molecule has 1 atom stereocenters. The first kappa shape index (κ1) is 14.3. The van der Waals surface area contributed by atoms with E-state index in [0.29, 0.717) is 6.54 Å². The van der Waals surface area contributed by atoms with Crippen molar-refractivity contribution in [1.29, 1.82) is 0 Å². The Morgan fingerprint density at radius 3 is 2.90 bits per heavy atom. The number of methoxy groups -OCH3 is 1. The summed E-state index contributed by atoms with van der Waals surface area (Å²) in [4.78, 5) is 24.8. The fraction of sp³-hybridized carbons (Fsp3) is 0.385. The number of rotatable bonds is 3. The second-order valence-corrected chi connectivity index (χ2v) is 4.41. The van der Waals surface area contributed by atoms with Gasteiger partial charge in [0.2, 0.25) is 0 Å². The van der Waals surface area contributed by atoms with Crippen LogP contribution in [0.3, 0.4) is 0 Å². The highest BCUT2D eigenvalue weighted by molar-refractivity contribution is 5.97. The maximum atomic E-state index is 13.3. The number of carboxylic acid groups (broad SMARTS) is 1. The minimum absolute atomic E-state index is 0.0436. The molecule has 1 unspecified atom stereocenters. The highest BCUT2D eigenvalue weighted by Gasteiger charge is 2.32. The number of hydrogen-bond donors (Lipinski definition) is 2. The molecule has 1 fully saturated rings. The molecule has 0 spiro atoms. The molecular formula is C13H15FN2O4. The third-order valence-corrected chi connectivity index (χ3v) is 3.19. The fourth-order valence-electron chi connectivity index (χ4n) is 2.13. The van der Waals surface area contributed by atoms with E-state index in [4.69, 9.17) is 9.84 Å². The van der Waals surface area contributed by atoms with Crippen LogP contribution in [-0.2, 0) is 4.79 Å². The van der Waals surface area contributed by atoms with Crippen LogP contribution in [0.15, 0.2) is 18.2 Å². The van der Waals surface area contributed by atoms with Crippen LogP contribution in [0.4, 0.5) is 4.39 Å². The summed E-state index contributed by atoms with van der Waals surface area (Å²) in [6, 6.07) is 2.80. The summed E-state index contributed by atoms with van der Waals surface area (Å²) in [6.07, 6.45) is 0. The van der Waals surface area contributed by atoms with Crippen molar-refractivity contribution in [3.8, 4) is 5.75 Å². The normalized spacial score (nSPS) is 18.7. The molecule has 2 N–H and O–H groups in total. The maximum Gasteiger partial charge on any atom is 0.327 e. The fourth-order valence-corrected chi connectivity index (χ4v) is 2.13. The SMILES string of the molecule is COc1cc(C(=O)N2CCNCC2C(=O)O)ccc1F. The lowest BCUT2D eigenvalue weighted by atomic mass is 10.1. The molecule has 0 bridgehead atoms. The van der Waals surface area contributed by atoms with Crippen molar-refractivity contribution in [3.05, 3.63) is 29.6 Å². The number of benzene rings is 1. The molecular weight excluding hydrogens is 267 g/mol. The molecule has 0 aromatic heterocycles.